The van der Waals surface area contributed by atoms with Gasteiger partial charge in [0.25, 0.3) is 0 Å². The van der Waals surface area contributed by atoms with Crippen molar-refractivity contribution in [3.63, 3.8) is 0 Å². The predicted molar refractivity (Wildman–Crippen MR) is 50.1 cm³/mol. The van der Waals surface area contributed by atoms with Crippen LogP contribution in [-0.4, -0.2) is 12.7 Å². The van der Waals surface area contributed by atoms with E-state index in [1.165, 1.54) is 32.1 Å². The minimum absolute atomic E-state index is 0.520. The topological polar surface area (TPSA) is 9.23 Å². The normalized spacial score (nSPS) is 48.5. The Morgan fingerprint density at radius 2 is 1.92 bits per heavy atom. The average Bonchev–Trinajstić information content (AvgIpc) is 2.40. The van der Waals surface area contributed by atoms with Crippen LogP contribution in [0.4, 0.5) is 0 Å². The second-order valence-corrected chi connectivity index (χ2v) is 5.01. The van der Waals surface area contributed by atoms with Gasteiger partial charge in [0.15, 0.2) is 0 Å². The van der Waals surface area contributed by atoms with Crippen LogP contribution in [0.1, 0.15) is 46.0 Å². The molecule has 0 aromatic heterocycles. The van der Waals surface area contributed by atoms with Crippen molar-refractivity contribution in [2.24, 2.45) is 11.3 Å². The molecule has 1 saturated carbocycles. The Morgan fingerprint density at radius 3 is 2.42 bits per heavy atom. The number of ether oxygens (including phenoxy) is 1. The molecule has 1 spiro atoms. The largest absolute Gasteiger partial charge is 0.378 e. The molecule has 0 radical (unpaired) electrons. The first-order valence-electron chi connectivity index (χ1n) is 5.32. The van der Waals surface area contributed by atoms with Gasteiger partial charge in [-0.3, -0.25) is 0 Å². The zero-order valence-electron chi connectivity index (χ0n) is 8.31. The molecule has 0 amide bonds. The molecule has 2 aliphatic rings. The van der Waals surface area contributed by atoms with Crippen molar-refractivity contribution in [1.29, 1.82) is 0 Å². The lowest BCUT2D eigenvalue weighted by Crippen LogP contribution is -2.32. The summed E-state index contributed by atoms with van der Waals surface area (Å²) in [4.78, 5) is 0. The Bertz CT molecular complexity index is 156. The summed E-state index contributed by atoms with van der Waals surface area (Å²) in [5.74, 6) is 0.946. The molecule has 2 rings (SSSR count). The summed E-state index contributed by atoms with van der Waals surface area (Å²) in [6, 6.07) is 0. The fourth-order valence-corrected chi connectivity index (χ4v) is 2.84. The Balaban J connectivity index is 1.95. The van der Waals surface area contributed by atoms with Gasteiger partial charge in [-0.1, -0.05) is 13.3 Å². The first kappa shape index (κ1) is 8.55. The Labute approximate surface area is 75.5 Å². The summed E-state index contributed by atoms with van der Waals surface area (Å²) in [6.07, 6.45) is 7.48. The summed E-state index contributed by atoms with van der Waals surface area (Å²) in [5.41, 5.74) is 0.603. The second-order valence-electron chi connectivity index (χ2n) is 5.01. The molecule has 1 aliphatic heterocycles. The Hall–Kier alpha value is -0.0400. The molecule has 70 valence electrons. The SMILES string of the molecule is CC1CCC2(CCC(C)OC2)C1. The molecule has 0 aromatic carbocycles. The standard InChI is InChI=1S/C11H20O/c1-9-3-5-11(7-9)6-4-10(2)12-8-11/h9-10H,3-8H2,1-2H3. The molecule has 1 heteroatoms. The van der Waals surface area contributed by atoms with Gasteiger partial charge in [-0.2, -0.15) is 0 Å². The molecule has 0 aromatic rings. The van der Waals surface area contributed by atoms with E-state index in [2.05, 4.69) is 13.8 Å². The summed E-state index contributed by atoms with van der Waals surface area (Å²) in [7, 11) is 0. The van der Waals surface area contributed by atoms with Crippen LogP contribution >= 0.6 is 0 Å². The fourth-order valence-electron chi connectivity index (χ4n) is 2.84. The third-order valence-corrected chi connectivity index (χ3v) is 3.70. The van der Waals surface area contributed by atoms with Gasteiger partial charge >= 0.3 is 0 Å². The van der Waals surface area contributed by atoms with Gasteiger partial charge in [-0.05, 0) is 43.9 Å². The van der Waals surface area contributed by atoms with Gasteiger partial charge in [-0.15, -0.1) is 0 Å². The van der Waals surface area contributed by atoms with Crippen LogP contribution < -0.4 is 0 Å². The summed E-state index contributed by atoms with van der Waals surface area (Å²) < 4.78 is 5.76. The molecule has 1 nitrogen and oxygen atoms in total. The van der Waals surface area contributed by atoms with Gasteiger partial charge in [0.05, 0.1) is 12.7 Å². The maximum absolute atomic E-state index is 5.76. The van der Waals surface area contributed by atoms with E-state index in [0.717, 1.165) is 12.5 Å². The molecule has 3 atom stereocenters. The number of rotatable bonds is 0. The molecule has 0 bridgehead atoms. The number of hydrogen-bond acceptors (Lipinski definition) is 1. The molecule has 0 N–H and O–H groups in total. The van der Waals surface area contributed by atoms with Gasteiger partial charge in [-0.25, -0.2) is 0 Å². The second kappa shape index (κ2) is 3.02. The zero-order valence-corrected chi connectivity index (χ0v) is 8.31. The minimum Gasteiger partial charge on any atom is -0.378 e. The maximum atomic E-state index is 5.76. The Morgan fingerprint density at radius 1 is 1.17 bits per heavy atom. The molecule has 1 saturated heterocycles. The van der Waals surface area contributed by atoms with Crippen molar-refractivity contribution in [1.82, 2.24) is 0 Å². The fraction of sp³-hybridized carbons (Fsp3) is 1.00. The predicted octanol–water partition coefficient (Wildman–Crippen LogP) is 2.99. The van der Waals surface area contributed by atoms with Crippen LogP contribution in [0.2, 0.25) is 0 Å². The van der Waals surface area contributed by atoms with Crippen LogP contribution in [0.5, 0.6) is 0 Å². The molecule has 3 unspecified atom stereocenters. The summed E-state index contributed by atoms with van der Waals surface area (Å²) >= 11 is 0. The smallest absolute Gasteiger partial charge is 0.0547 e. The summed E-state index contributed by atoms with van der Waals surface area (Å²) in [6.45, 7) is 5.62. The molecular weight excluding hydrogens is 148 g/mol. The van der Waals surface area contributed by atoms with Crippen molar-refractivity contribution in [3.05, 3.63) is 0 Å². The zero-order chi connectivity index (χ0) is 8.60. The van der Waals surface area contributed by atoms with E-state index in [4.69, 9.17) is 4.74 Å². The van der Waals surface area contributed by atoms with Crippen molar-refractivity contribution in [2.75, 3.05) is 6.61 Å². The van der Waals surface area contributed by atoms with Crippen LogP contribution in [0.15, 0.2) is 0 Å². The lowest BCUT2D eigenvalue weighted by atomic mass is 9.79. The highest BCUT2D eigenvalue weighted by molar-refractivity contribution is 4.90. The van der Waals surface area contributed by atoms with Gasteiger partial charge in [0.2, 0.25) is 0 Å². The first-order chi connectivity index (χ1) is 5.70. The number of hydrogen-bond donors (Lipinski definition) is 0. The maximum Gasteiger partial charge on any atom is 0.0547 e. The monoisotopic (exact) mass is 168 g/mol. The van der Waals surface area contributed by atoms with Crippen LogP contribution in [0.3, 0.4) is 0 Å². The van der Waals surface area contributed by atoms with E-state index in [0.29, 0.717) is 11.5 Å². The highest BCUT2D eigenvalue weighted by Gasteiger charge is 2.40. The van der Waals surface area contributed by atoms with Gasteiger partial charge < -0.3 is 4.74 Å². The Kier molecular flexibility index (Phi) is 2.16. The van der Waals surface area contributed by atoms with E-state index in [-0.39, 0.29) is 0 Å². The first-order valence-corrected chi connectivity index (χ1v) is 5.32. The van der Waals surface area contributed by atoms with E-state index in [1.807, 2.05) is 0 Å². The van der Waals surface area contributed by atoms with Crippen molar-refractivity contribution >= 4 is 0 Å². The van der Waals surface area contributed by atoms with Gasteiger partial charge in [0, 0.05) is 0 Å². The van der Waals surface area contributed by atoms with E-state index >= 15 is 0 Å². The average molecular weight is 168 g/mol. The van der Waals surface area contributed by atoms with Crippen molar-refractivity contribution < 1.29 is 4.74 Å². The molecular formula is C11H20O. The van der Waals surface area contributed by atoms with Crippen molar-refractivity contribution in [2.45, 2.75) is 52.1 Å². The third kappa shape index (κ3) is 1.52. The van der Waals surface area contributed by atoms with E-state index in [1.54, 1.807) is 0 Å². The van der Waals surface area contributed by atoms with Crippen LogP contribution in [-0.2, 0) is 4.74 Å². The van der Waals surface area contributed by atoms with Gasteiger partial charge in [0.1, 0.15) is 0 Å². The summed E-state index contributed by atoms with van der Waals surface area (Å²) in [5, 5.41) is 0. The van der Waals surface area contributed by atoms with Crippen LogP contribution in [0, 0.1) is 11.3 Å². The third-order valence-electron chi connectivity index (χ3n) is 3.70. The minimum atomic E-state index is 0.520. The van der Waals surface area contributed by atoms with Crippen LogP contribution in [0.25, 0.3) is 0 Å². The quantitative estimate of drug-likeness (QED) is 0.540. The van der Waals surface area contributed by atoms with E-state index < -0.39 is 0 Å². The molecule has 2 fully saturated rings. The molecule has 12 heavy (non-hydrogen) atoms. The molecule has 1 heterocycles. The van der Waals surface area contributed by atoms with Crippen molar-refractivity contribution in [3.8, 4) is 0 Å². The highest BCUT2D eigenvalue weighted by atomic mass is 16.5. The lowest BCUT2D eigenvalue weighted by Gasteiger charge is -2.36. The van der Waals surface area contributed by atoms with E-state index in [9.17, 15) is 0 Å². The molecule has 1 aliphatic carbocycles. The highest BCUT2D eigenvalue weighted by Crippen LogP contribution is 2.47. The lowest BCUT2D eigenvalue weighted by molar-refractivity contribution is -0.0528.